The zero-order valence-electron chi connectivity index (χ0n) is 12.5. The van der Waals surface area contributed by atoms with Crippen molar-refractivity contribution in [2.45, 2.75) is 11.8 Å². The number of carbonyl (C=O) groups excluding carboxylic acids is 1. The maximum atomic E-state index is 11.9. The van der Waals surface area contributed by atoms with Crippen LogP contribution in [0, 0.1) is 6.92 Å². The Morgan fingerprint density at radius 3 is 2.50 bits per heavy atom. The summed E-state index contributed by atoms with van der Waals surface area (Å²) in [6, 6.07) is 15.4. The molecule has 0 aliphatic heterocycles. The molecule has 2 rings (SSSR count). The largest absolute Gasteiger partial charge is 0.490 e. The van der Waals surface area contributed by atoms with Gasteiger partial charge in [0.25, 0.3) is 0 Å². The van der Waals surface area contributed by atoms with E-state index in [0.717, 1.165) is 16.3 Å². The van der Waals surface area contributed by atoms with Crippen LogP contribution in [0.3, 0.4) is 0 Å². The second-order valence-corrected chi connectivity index (χ2v) is 5.82. The number of amides is 1. The number of thioether (sulfide) groups is 1. The number of benzene rings is 2. The van der Waals surface area contributed by atoms with Crippen molar-refractivity contribution in [1.82, 2.24) is 0 Å². The first kappa shape index (κ1) is 16.2. The summed E-state index contributed by atoms with van der Waals surface area (Å²) < 4.78 is 5.40. The van der Waals surface area contributed by atoms with Crippen molar-refractivity contribution in [2.24, 2.45) is 0 Å². The molecule has 0 aliphatic rings. The molecule has 114 valence electrons. The van der Waals surface area contributed by atoms with Crippen molar-refractivity contribution in [3.63, 3.8) is 0 Å². The average Bonchev–Trinajstić information content (AvgIpc) is 2.54. The Morgan fingerprint density at radius 1 is 1.18 bits per heavy atom. The highest BCUT2D eigenvalue weighted by atomic mass is 32.2. The van der Waals surface area contributed by atoms with Crippen LogP contribution in [0.25, 0.3) is 0 Å². The molecule has 0 spiro atoms. The van der Waals surface area contributed by atoms with Crippen LogP contribution in [0.15, 0.2) is 66.1 Å². The Balaban J connectivity index is 1.81. The van der Waals surface area contributed by atoms with Gasteiger partial charge >= 0.3 is 0 Å². The second-order valence-electron chi connectivity index (χ2n) is 4.77. The molecular weight excluding hydrogens is 294 g/mol. The van der Waals surface area contributed by atoms with Gasteiger partial charge in [0, 0.05) is 10.6 Å². The number of carbonyl (C=O) groups is 1. The fraction of sp³-hybridized carbons (Fsp3) is 0.167. The monoisotopic (exact) mass is 313 g/mol. The van der Waals surface area contributed by atoms with Gasteiger partial charge in [0.15, 0.2) is 0 Å². The van der Waals surface area contributed by atoms with E-state index < -0.39 is 0 Å². The summed E-state index contributed by atoms with van der Waals surface area (Å²) in [6.45, 7) is 6.11. The minimum atomic E-state index is -0.0228. The summed E-state index contributed by atoms with van der Waals surface area (Å²) in [5.41, 5.74) is 1.98. The SMILES string of the molecule is C=CCOc1ccc(NC(=O)CSc2ccc(C)cc2)cc1. The van der Waals surface area contributed by atoms with E-state index in [2.05, 4.69) is 11.9 Å². The molecule has 0 bridgehead atoms. The molecule has 0 fully saturated rings. The fourth-order valence-electron chi connectivity index (χ4n) is 1.77. The molecule has 4 heteroatoms. The van der Waals surface area contributed by atoms with Crippen LogP contribution in [0.4, 0.5) is 5.69 Å². The van der Waals surface area contributed by atoms with Crippen LogP contribution in [0.5, 0.6) is 5.75 Å². The molecule has 1 amide bonds. The Labute approximate surface area is 135 Å². The first-order chi connectivity index (χ1) is 10.7. The fourth-order valence-corrected chi connectivity index (χ4v) is 2.47. The Morgan fingerprint density at radius 2 is 1.86 bits per heavy atom. The first-order valence-corrected chi connectivity index (χ1v) is 7.99. The summed E-state index contributed by atoms with van der Waals surface area (Å²) in [7, 11) is 0. The molecule has 0 unspecified atom stereocenters. The van der Waals surface area contributed by atoms with Crippen LogP contribution < -0.4 is 10.1 Å². The normalized spacial score (nSPS) is 10.0. The average molecular weight is 313 g/mol. The number of aryl methyl sites for hydroxylation is 1. The molecule has 2 aromatic carbocycles. The minimum Gasteiger partial charge on any atom is -0.490 e. The van der Waals surface area contributed by atoms with Crippen molar-refractivity contribution >= 4 is 23.4 Å². The van der Waals surface area contributed by atoms with Gasteiger partial charge in [0.2, 0.25) is 5.91 Å². The van der Waals surface area contributed by atoms with Crippen LogP contribution in [-0.4, -0.2) is 18.3 Å². The third kappa shape index (κ3) is 5.30. The molecule has 0 radical (unpaired) electrons. The zero-order valence-corrected chi connectivity index (χ0v) is 13.4. The number of anilines is 1. The molecule has 0 aliphatic carbocycles. The topological polar surface area (TPSA) is 38.3 Å². The van der Waals surface area contributed by atoms with Crippen molar-refractivity contribution < 1.29 is 9.53 Å². The lowest BCUT2D eigenvalue weighted by molar-refractivity contribution is -0.113. The van der Waals surface area contributed by atoms with Crippen LogP contribution >= 0.6 is 11.8 Å². The Bertz CT molecular complexity index is 621. The summed E-state index contributed by atoms with van der Waals surface area (Å²) in [6.07, 6.45) is 1.69. The van der Waals surface area contributed by atoms with Gasteiger partial charge in [-0.25, -0.2) is 0 Å². The molecule has 0 saturated heterocycles. The van der Waals surface area contributed by atoms with Gasteiger partial charge < -0.3 is 10.1 Å². The predicted octanol–water partition coefficient (Wildman–Crippen LogP) is 4.29. The van der Waals surface area contributed by atoms with E-state index >= 15 is 0 Å². The Hall–Kier alpha value is -2.20. The van der Waals surface area contributed by atoms with Crippen molar-refractivity contribution in [1.29, 1.82) is 0 Å². The number of rotatable bonds is 7. The van der Waals surface area contributed by atoms with E-state index in [1.165, 1.54) is 17.3 Å². The lowest BCUT2D eigenvalue weighted by Gasteiger charge is -2.07. The lowest BCUT2D eigenvalue weighted by Crippen LogP contribution is -2.13. The van der Waals surface area contributed by atoms with E-state index in [-0.39, 0.29) is 5.91 Å². The quantitative estimate of drug-likeness (QED) is 0.612. The number of ether oxygens (including phenoxy) is 1. The molecular formula is C18H19NO2S. The maximum absolute atomic E-state index is 11.9. The van der Waals surface area contributed by atoms with Crippen molar-refractivity contribution in [3.05, 3.63) is 66.7 Å². The Kier molecular flexibility index (Phi) is 6.10. The highest BCUT2D eigenvalue weighted by Crippen LogP contribution is 2.19. The van der Waals surface area contributed by atoms with Gasteiger partial charge in [-0.15, -0.1) is 11.8 Å². The van der Waals surface area contributed by atoms with Gasteiger partial charge in [-0.3, -0.25) is 4.79 Å². The highest BCUT2D eigenvalue weighted by molar-refractivity contribution is 8.00. The van der Waals surface area contributed by atoms with E-state index in [1.54, 1.807) is 6.08 Å². The smallest absolute Gasteiger partial charge is 0.234 e. The van der Waals surface area contributed by atoms with Crippen LogP contribution in [0.2, 0.25) is 0 Å². The van der Waals surface area contributed by atoms with Gasteiger partial charge in [-0.05, 0) is 43.3 Å². The molecule has 3 nitrogen and oxygen atoms in total. The molecule has 0 aromatic heterocycles. The van der Waals surface area contributed by atoms with Gasteiger partial charge in [-0.1, -0.05) is 30.4 Å². The van der Waals surface area contributed by atoms with E-state index in [0.29, 0.717) is 12.4 Å². The van der Waals surface area contributed by atoms with Gasteiger partial charge in [0.05, 0.1) is 5.75 Å². The van der Waals surface area contributed by atoms with Crippen molar-refractivity contribution in [3.8, 4) is 5.75 Å². The van der Waals surface area contributed by atoms with Crippen molar-refractivity contribution in [2.75, 3.05) is 17.7 Å². The lowest BCUT2D eigenvalue weighted by atomic mass is 10.2. The number of nitrogens with one attached hydrogen (secondary N) is 1. The maximum Gasteiger partial charge on any atom is 0.234 e. The molecule has 0 saturated carbocycles. The molecule has 0 heterocycles. The summed E-state index contributed by atoms with van der Waals surface area (Å²) in [4.78, 5) is 13.0. The third-order valence-corrected chi connectivity index (χ3v) is 3.91. The van der Waals surface area contributed by atoms with Crippen LogP contribution in [0.1, 0.15) is 5.56 Å². The second kappa shape index (κ2) is 8.29. The number of hydrogen-bond acceptors (Lipinski definition) is 3. The van der Waals surface area contributed by atoms with E-state index in [4.69, 9.17) is 4.74 Å². The first-order valence-electron chi connectivity index (χ1n) is 7.00. The summed E-state index contributed by atoms with van der Waals surface area (Å²) in [5, 5.41) is 2.87. The van der Waals surface area contributed by atoms with Gasteiger partial charge in [-0.2, -0.15) is 0 Å². The number of hydrogen-bond donors (Lipinski definition) is 1. The highest BCUT2D eigenvalue weighted by Gasteiger charge is 2.04. The molecule has 22 heavy (non-hydrogen) atoms. The predicted molar refractivity (Wildman–Crippen MR) is 92.7 cm³/mol. The zero-order chi connectivity index (χ0) is 15.8. The molecule has 2 aromatic rings. The standard InChI is InChI=1S/C18H19NO2S/c1-3-12-21-16-8-6-15(7-9-16)19-18(20)13-22-17-10-4-14(2)5-11-17/h3-11H,1,12-13H2,2H3,(H,19,20). The summed E-state index contributed by atoms with van der Waals surface area (Å²) >= 11 is 1.52. The van der Waals surface area contributed by atoms with E-state index in [1.807, 2.05) is 55.5 Å². The van der Waals surface area contributed by atoms with Gasteiger partial charge in [0.1, 0.15) is 12.4 Å². The van der Waals surface area contributed by atoms with E-state index in [9.17, 15) is 4.79 Å². The summed E-state index contributed by atoms with van der Waals surface area (Å²) in [5.74, 6) is 1.12. The molecule has 1 N–H and O–H groups in total. The van der Waals surface area contributed by atoms with Crippen LogP contribution in [-0.2, 0) is 4.79 Å². The molecule has 0 atom stereocenters. The third-order valence-electron chi connectivity index (χ3n) is 2.90. The minimum absolute atomic E-state index is 0.0228.